The minimum Gasteiger partial charge on any atom is -0.444 e. The highest BCUT2D eigenvalue weighted by atomic mass is 16.6. The lowest BCUT2D eigenvalue weighted by molar-refractivity contribution is -0.125. The highest BCUT2D eigenvalue weighted by molar-refractivity contribution is 6.10. The summed E-state index contributed by atoms with van der Waals surface area (Å²) in [7, 11) is 0. The van der Waals surface area contributed by atoms with Crippen LogP contribution in [0.3, 0.4) is 0 Å². The molecule has 2 unspecified atom stereocenters. The molecule has 1 N–H and O–H groups in total. The van der Waals surface area contributed by atoms with Crippen LogP contribution in [-0.4, -0.2) is 74.9 Å². The lowest BCUT2D eigenvalue weighted by atomic mass is 9.83. The standard InChI is InChI=1S/C31H39N5O5/c1-29(2,3)41-28(39)34-16-14-31(18-34,19-37)36-22-11-7-6-10-20(22)25(33-36)21-13-15-32-26-24(21)30(4,5)27(38)35(26)23-12-8-9-17-40-23/h6-7,10-11,13,15,23,37H,8-9,12,14,16-19H2,1-5H3. The van der Waals surface area contributed by atoms with E-state index in [2.05, 4.69) is 0 Å². The van der Waals surface area contributed by atoms with Crippen molar-refractivity contribution in [1.82, 2.24) is 19.7 Å². The number of fused-ring (bicyclic) bond motifs is 2. The van der Waals surface area contributed by atoms with Crippen molar-refractivity contribution < 1.29 is 24.2 Å². The summed E-state index contributed by atoms with van der Waals surface area (Å²) in [6, 6.07) is 9.83. The summed E-state index contributed by atoms with van der Waals surface area (Å²) >= 11 is 0. The Kier molecular flexibility index (Phi) is 6.61. The number of hydrogen-bond donors (Lipinski definition) is 1. The molecule has 2 amide bonds. The van der Waals surface area contributed by atoms with Crippen LogP contribution < -0.4 is 4.90 Å². The van der Waals surface area contributed by atoms with Gasteiger partial charge < -0.3 is 19.5 Å². The molecule has 0 aliphatic carbocycles. The van der Waals surface area contributed by atoms with Gasteiger partial charge in [0.25, 0.3) is 0 Å². The summed E-state index contributed by atoms with van der Waals surface area (Å²) < 4.78 is 13.5. The molecule has 0 spiro atoms. The minimum absolute atomic E-state index is 0.0290. The van der Waals surface area contributed by atoms with Crippen LogP contribution in [0.5, 0.6) is 0 Å². The van der Waals surface area contributed by atoms with Crippen molar-refractivity contribution in [3.63, 3.8) is 0 Å². The predicted molar refractivity (Wildman–Crippen MR) is 155 cm³/mol. The topological polar surface area (TPSA) is 110 Å². The lowest BCUT2D eigenvalue weighted by Crippen LogP contribution is -2.45. The van der Waals surface area contributed by atoms with Crippen LogP contribution in [0.1, 0.15) is 65.9 Å². The van der Waals surface area contributed by atoms with Crippen molar-refractivity contribution >= 4 is 28.7 Å². The van der Waals surface area contributed by atoms with Gasteiger partial charge in [-0.05, 0) is 72.4 Å². The molecule has 0 bridgehead atoms. The van der Waals surface area contributed by atoms with Crippen molar-refractivity contribution in [2.75, 3.05) is 31.2 Å². The second-order valence-electron chi connectivity index (χ2n) is 13.0. The molecular formula is C31H39N5O5. The number of carbonyl (C=O) groups excluding carboxylic acids is 2. The number of hydrogen-bond acceptors (Lipinski definition) is 7. The molecule has 3 aromatic rings. The average Bonchev–Trinajstić information content (AvgIpc) is 3.61. The van der Waals surface area contributed by atoms with Crippen LogP contribution >= 0.6 is 0 Å². The third-order valence-electron chi connectivity index (χ3n) is 8.55. The molecule has 3 aliphatic rings. The fraction of sp³-hybridized carbons (Fsp3) is 0.548. The first-order chi connectivity index (χ1) is 19.5. The molecule has 2 saturated heterocycles. The Balaban J connectivity index is 1.46. The molecule has 41 heavy (non-hydrogen) atoms. The number of rotatable bonds is 4. The van der Waals surface area contributed by atoms with E-state index in [-0.39, 0.29) is 25.3 Å². The van der Waals surface area contributed by atoms with Crippen LogP contribution in [0.15, 0.2) is 36.5 Å². The van der Waals surface area contributed by atoms with E-state index in [1.807, 2.05) is 69.6 Å². The maximum absolute atomic E-state index is 13.8. The number of ether oxygens (including phenoxy) is 2. The molecule has 1 aromatic carbocycles. The fourth-order valence-corrected chi connectivity index (χ4v) is 6.48. The van der Waals surface area contributed by atoms with Crippen molar-refractivity contribution in [2.24, 2.45) is 0 Å². The maximum atomic E-state index is 13.8. The average molecular weight is 562 g/mol. The van der Waals surface area contributed by atoms with Gasteiger partial charge in [-0.3, -0.25) is 14.4 Å². The molecular weight excluding hydrogens is 522 g/mol. The number of pyridine rings is 1. The molecule has 10 nitrogen and oxygen atoms in total. The number of aliphatic hydroxyl groups is 1. The van der Waals surface area contributed by atoms with E-state index >= 15 is 0 Å². The normalized spacial score (nSPS) is 24.2. The van der Waals surface area contributed by atoms with Gasteiger partial charge in [0.15, 0.2) is 0 Å². The zero-order valence-electron chi connectivity index (χ0n) is 24.5. The number of nitrogens with zero attached hydrogens (tertiary/aromatic N) is 5. The van der Waals surface area contributed by atoms with Gasteiger partial charge in [0, 0.05) is 35.9 Å². The first-order valence-corrected chi connectivity index (χ1v) is 14.5. The molecule has 6 rings (SSSR count). The Morgan fingerprint density at radius 2 is 1.98 bits per heavy atom. The van der Waals surface area contributed by atoms with Gasteiger partial charge in [-0.15, -0.1) is 0 Å². The van der Waals surface area contributed by atoms with Crippen molar-refractivity contribution in [2.45, 2.75) is 83.1 Å². The van der Waals surface area contributed by atoms with E-state index in [0.29, 0.717) is 25.4 Å². The number of aliphatic hydroxyl groups excluding tert-OH is 1. The van der Waals surface area contributed by atoms with Gasteiger partial charge >= 0.3 is 6.09 Å². The summed E-state index contributed by atoms with van der Waals surface area (Å²) in [6.45, 7) is 10.6. The summed E-state index contributed by atoms with van der Waals surface area (Å²) in [5.74, 6) is 0.593. The second kappa shape index (κ2) is 9.80. The van der Waals surface area contributed by atoms with E-state index in [0.717, 1.165) is 47.0 Å². The Bertz CT molecular complexity index is 1500. The van der Waals surface area contributed by atoms with Gasteiger partial charge in [0.1, 0.15) is 28.9 Å². The number of anilines is 1. The van der Waals surface area contributed by atoms with Crippen molar-refractivity contribution in [3.8, 4) is 11.3 Å². The van der Waals surface area contributed by atoms with Crippen LogP contribution in [-0.2, 0) is 25.2 Å². The van der Waals surface area contributed by atoms with Gasteiger partial charge in [-0.2, -0.15) is 5.10 Å². The van der Waals surface area contributed by atoms with E-state index in [9.17, 15) is 14.7 Å². The third kappa shape index (κ3) is 4.48. The van der Waals surface area contributed by atoms with Crippen molar-refractivity contribution in [1.29, 1.82) is 0 Å². The Hall–Kier alpha value is -3.50. The fourth-order valence-electron chi connectivity index (χ4n) is 6.48. The van der Waals surface area contributed by atoms with E-state index < -0.39 is 22.6 Å². The van der Waals surface area contributed by atoms with Gasteiger partial charge in [0.05, 0.1) is 24.1 Å². The van der Waals surface area contributed by atoms with Gasteiger partial charge in [-0.1, -0.05) is 18.2 Å². The van der Waals surface area contributed by atoms with Crippen molar-refractivity contribution in [3.05, 3.63) is 42.1 Å². The van der Waals surface area contributed by atoms with E-state index in [1.165, 1.54) is 0 Å². The number of benzene rings is 1. The van der Waals surface area contributed by atoms with E-state index in [1.54, 1.807) is 16.0 Å². The molecule has 3 aliphatic heterocycles. The highest BCUT2D eigenvalue weighted by Crippen LogP contribution is 2.48. The maximum Gasteiger partial charge on any atom is 0.410 e. The molecule has 2 aromatic heterocycles. The SMILES string of the molecule is CC(C)(C)OC(=O)N1CCC(CO)(n2nc(-c3ccnc4c3C(C)(C)C(=O)N4C3CCCCO3)c3ccccc32)C1. The highest BCUT2D eigenvalue weighted by Gasteiger charge is 2.50. The van der Waals surface area contributed by atoms with E-state index in [4.69, 9.17) is 19.6 Å². The van der Waals surface area contributed by atoms with Crippen LogP contribution in [0, 0.1) is 0 Å². The zero-order valence-corrected chi connectivity index (χ0v) is 24.5. The summed E-state index contributed by atoms with van der Waals surface area (Å²) in [5, 5.41) is 16.8. The Labute approximate surface area is 240 Å². The predicted octanol–water partition coefficient (Wildman–Crippen LogP) is 4.58. The molecule has 10 heteroatoms. The Morgan fingerprint density at radius 1 is 1.20 bits per heavy atom. The molecule has 218 valence electrons. The number of aromatic nitrogens is 3. The molecule has 0 saturated carbocycles. The second-order valence-corrected chi connectivity index (χ2v) is 13.0. The molecule has 2 atom stereocenters. The Morgan fingerprint density at radius 3 is 2.68 bits per heavy atom. The lowest BCUT2D eigenvalue weighted by Gasteiger charge is -2.31. The molecule has 2 fully saturated rings. The number of amides is 2. The summed E-state index contributed by atoms with van der Waals surface area (Å²) in [5.41, 5.74) is 0.956. The largest absolute Gasteiger partial charge is 0.444 e. The molecule has 0 radical (unpaired) electrons. The monoisotopic (exact) mass is 561 g/mol. The van der Waals surface area contributed by atoms with Gasteiger partial charge in [-0.25, -0.2) is 9.78 Å². The first-order valence-electron chi connectivity index (χ1n) is 14.5. The quantitative estimate of drug-likeness (QED) is 0.497. The number of carbonyl (C=O) groups is 2. The van der Waals surface area contributed by atoms with Gasteiger partial charge in [0.2, 0.25) is 5.91 Å². The summed E-state index contributed by atoms with van der Waals surface area (Å²) in [6.07, 6.45) is 4.29. The zero-order chi connectivity index (χ0) is 29.2. The van der Waals surface area contributed by atoms with Crippen LogP contribution in [0.2, 0.25) is 0 Å². The third-order valence-corrected chi connectivity index (χ3v) is 8.55. The van der Waals surface area contributed by atoms with Crippen LogP contribution in [0.25, 0.3) is 22.2 Å². The van der Waals surface area contributed by atoms with Crippen LogP contribution in [0.4, 0.5) is 10.6 Å². The minimum atomic E-state index is -0.833. The number of para-hydroxylation sites is 1. The number of likely N-dealkylation sites (tertiary alicyclic amines) is 1. The molecule has 5 heterocycles. The summed E-state index contributed by atoms with van der Waals surface area (Å²) in [4.78, 5) is 34.8. The smallest absolute Gasteiger partial charge is 0.410 e. The first kappa shape index (κ1) is 27.7.